The standard InChI is InChI=1S/C24H30N4O3S2/c1-3-28(4-2)33(30,31)20-11-9-19(10-12-20)23(29)25-17-18-13-15-27(16-14-18)24-26-21-7-5-6-8-22(21)32-24/h5-12,18H,3-4,13-17H2,1-2H3,(H,25,29). The van der Waals surface area contributed by atoms with Gasteiger partial charge in [-0.1, -0.05) is 37.3 Å². The van der Waals surface area contributed by atoms with Crippen molar-refractivity contribution in [2.45, 2.75) is 31.6 Å². The summed E-state index contributed by atoms with van der Waals surface area (Å²) in [7, 11) is -3.52. The van der Waals surface area contributed by atoms with E-state index in [0.29, 0.717) is 31.1 Å². The molecule has 33 heavy (non-hydrogen) atoms. The van der Waals surface area contributed by atoms with E-state index in [2.05, 4.69) is 16.3 Å². The molecule has 3 aromatic rings. The molecule has 0 spiro atoms. The van der Waals surface area contributed by atoms with Gasteiger partial charge in [0.2, 0.25) is 10.0 Å². The van der Waals surface area contributed by atoms with Crippen LogP contribution in [0.5, 0.6) is 0 Å². The van der Waals surface area contributed by atoms with Crippen LogP contribution in [0, 0.1) is 5.92 Å². The highest BCUT2D eigenvalue weighted by atomic mass is 32.2. The zero-order valence-corrected chi connectivity index (χ0v) is 20.7. The molecule has 1 fully saturated rings. The number of nitrogens with zero attached hydrogens (tertiary/aromatic N) is 3. The summed E-state index contributed by atoms with van der Waals surface area (Å²) in [6.45, 7) is 6.93. The summed E-state index contributed by atoms with van der Waals surface area (Å²) in [5.41, 5.74) is 1.52. The zero-order valence-electron chi connectivity index (χ0n) is 19.0. The Morgan fingerprint density at radius 3 is 2.39 bits per heavy atom. The van der Waals surface area contributed by atoms with Gasteiger partial charge in [0.25, 0.3) is 5.91 Å². The Morgan fingerprint density at radius 2 is 1.76 bits per heavy atom. The van der Waals surface area contributed by atoms with E-state index >= 15 is 0 Å². The number of nitrogens with one attached hydrogen (secondary N) is 1. The summed E-state index contributed by atoms with van der Waals surface area (Å²) in [6, 6.07) is 14.4. The van der Waals surface area contributed by atoms with Crippen LogP contribution in [0.1, 0.15) is 37.0 Å². The molecule has 176 valence electrons. The van der Waals surface area contributed by atoms with Crippen LogP contribution in [-0.4, -0.2) is 56.3 Å². The third kappa shape index (κ3) is 5.20. The van der Waals surface area contributed by atoms with Crippen molar-refractivity contribution in [1.29, 1.82) is 0 Å². The van der Waals surface area contributed by atoms with Crippen LogP contribution in [0.2, 0.25) is 0 Å². The predicted octanol–water partition coefficient (Wildman–Crippen LogP) is 3.97. The summed E-state index contributed by atoms with van der Waals surface area (Å²) in [6.07, 6.45) is 1.99. The Morgan fingerprint density at radius 1 is 1.09 bits per heavy atom. The maximum absolute atomic E-state index is 12.6. The van der Waals surface area contributed by atoms with Crippen LogP contribution in [0.4, 0.5) is 5.13 Å². The molecule has 4 rings (SSSR count). The Labute approximate surface area is 199 Å². The molecule has 1 saturated heterocycles. The van der Waals surface area contributed by atoms with E-state index in [1.54, 1.807) is 23.5 Å². The molecule has 0 saturated carbocycles. The van der Waals surface area contributed by atoms with Gasteiger partial charge in [-0.05, 0) is 55.2 Å². The van der Waals surface area contributed by atoms with Crippen LogP contribution in [0.15, 0.2) is 53.4 Å². The molecule has 1 aromatic heterocycles. The van der Waals surface area contributed by atoms with Crippen molar-refractivity contribution in [3.8, 4) is 0 Å². The molecular weight excluding hydrogens is 456 g/mol. The lowest BCUT2D eigenvalue weighted by atomic mass is 9.97. The fourth-order valence-electron chi connectivity index (χ4n) is 4.15. The van der Waals surface area contributed by atoms with E-state index < -0.39 is 10.0 Å². The number of para-hydroxylation sites is 1. The van der Waals surface area contributed by atoms with Crippen LogP contribution in [0.25, 0.3) is 10.2 Å². The van der Waals surface area contributed by atoms with Crippen molar-refractivity contribution < 1.29 is 13.2 Å². The topological polar surface area (TPSA) is 82.6 Å². The Hall–Kier alpha value is -2.49. The number of carbonyl (C=O) groups is 1. The molecule has 1 N–H and O–H groups in total. The molecule has 0 bridgehead atoms. The maximum Gasteiger partial charge on any atom is 0.251 e. The first-order chi connectivity index (χ1) is 15.9. The van der Waals surface area contributed by atoms with Gasteiger partial charge >= 0.3 is 0 Å². The monoisotopic (exact) mass is 486 g/mol. The second kappa shape index (κ2) is 10.2. The van der Waals surface area contributed by atoms with Gasteiger partial charge < -0.3 is 10.2 Å². The van der Waals surface area contributed by atoms with Gasteiger partial charge in [-0.15, -0.1) is 0 Å². The van der Waals surface area contributed by atoms with Crippen LogP contribution in [-0.2, 0) is 10.0 Å². The number of sulfonamides is 1. The number of hydrogen-bond acceptors (Lipinski definition) is 6. The van der Waals surface area contributed by atoms with Crippen molar-refractivity contribution in [2.24, 2.45) is 5.92 Å². The molecule has 1 aliphatic rings. The largest absolute Gasteiger partial charge is 0.352 e. The number of amides is 1. The van der Waals surface area contributed by atoms with Gasteiger partial charge in [-0.2, -0.15) is 4.31 Å². The van der Waals surface area contributed by atoms with E-state index in [-0.39, 0.29) is 10.8 Å². The molecule has 0 unspecified atom stereocenters. The minimum absolute atomic E-state index is 0.171. The number of thiazole rings is 1. The van der Waals surface area contributed by atoms with Gasteiger partial charge in [-0.25, -0.2) is 13.4 Å². The lowest BCUT2D eigenvalue weighted by Crippen LogP contribution is -2.38. The van der Waals surface area contributed by atoms with Crippen molar-refractivity contribution in [3.63, 3.8) is 0 Å². The first kappa shape index (κ1) is 23.7. The molecular formula is C24H30N4O3S2. The van der Waals surface area contributed by atoms with Gasteiger partial charge in [-0.3, -0.25) is 4.79 Å². The molecule has 2 heterocycles. The van der Waals surface area contributed by atoms with Gasteiger partial charge in [0.1, 0.15) is 0 Å². The number of hydrogen-bond donors (Lipinski definition) is 1. The third-order valence-electron chi connectivity index (χ3n) is 6.18. The molecule has 1 aliphatic heterocycles. The second-order valence-electron chi connectivity index (χ2n) is 8.22. The Bertz CT molecular complexity index is 1160. The van der Waals surface area contributed by atoms with E-state index in [1.165, 1.54) is 21.1 Å². The smallest absolute Gasteiger partial charge is 0.251 e. The highest BCUT2D eigenvalue weighted by Gasteiger charge is 2.23. The van der Waals surface area contributed by atoms with Gasteiger partial charge in [0.05, 0.1) is 15.1 Å². The first-order valence-electron chi connectivity index (χ1n) is 11.4. The summed E-state index contributed by atoms with van der Waals surface area (Å²) in [4.78, 5) is 19.9. The number of anilines is 1. The van der Waals surface area contributed by atoms with Crippen LogP contribution in [0.3, 0.4) is 0 Å². The maximum atomic E-state index is 12.6. The molecule has 9 heteroatoms. The van der Waals surface area contributed by atoms with E-state index in [1.807, 2.05) is 32.0 Å². The molecule has 2 aromatic carbocycles. The first-order valence-corrected chi connectivity index (χ1v) is 13.7. The Balaban J connectivity index is 1.29. The zero-order chi connectivity index (χ0) is 23.4. The van der Waals surface area contributed by atoms with Crippen LogP contribution >= 0.6 is 11.3 Å². The number of aromatic nitrogens is 1. The minimum atomic E-state index is -3.52. The molecule has 0 atom stereocenters. The summed E-state index contributed by atoms with van der Waals surface area (Å²) in [5.74, 6) is 0.247. The van der Waals surface area contributed by atoms with E-state index in [9.17, 15) is 13.2 Å². The fraction of sp³-hybridized carbons (Fsp3) is 0.417. The van der Waals surface area contributed by atoms with E-state index in [4.69, 9.17) is 4.98 Å². The van der Waals surface area contributed by atoms with Crippen molar-refractivity contribution >= 4 is 42.6 Å². The number of fused-ring (bicyclic) bond motifs is 1. The van der Waals surface area contributed by atoms with E-state index in [0.717, 1.165) is 36.6 Å². The number of benzene rings is 2. The lowest BCUT2D eigenvalue weighted by Gasteiger charge is -2.31. The number of rotatable bonds is 8. The fourth-order valence-corrected chi connectivity index (χ4v) is 6.63. The lowest BCUT2D eigenvalue weighted by molar-refractivity contribution is 0.0945. The van der Waals surface area contributed by atoms with Gasteiger partial charge in [0, 0.05) is 38.3 Å². The number of piperidine rings is 1. The second-order valence-corrected chi connectivity index (χ2v) is 11.2. The summed E-state index contributed by atoms with van der Waals surface area (Å²) in [5, 5.41) is 4.09. The highest BCUT2D eigenvalue weighted by molar-refractivity contribution is 7.89. The minimum Gasteiger partial charge on any atom is -0.352 e. The van der Waals surface area contributed by atoms with Crippen molar-refractivity contribution in [1.82, 2.24) is 14.6 Å². The summed E-state index contributed by atoms with van der Waals surface area (Å²) >= 11 is 1.73. The summed E-state index contributed by atoms with van der Waals surface area (Å²) < 4.78 is 27.8. The average molecular weight is 487 g/mol. The Kier molecular flexibility index (Phi) is 7.31. The SMILES string of the molecule is CCN(CC)S(=O)(=O)c1ccc(C(=O)NCC2CCN(c3nc4ccccc4s3)CC2)cc1. The van der Waals surface area contributed by atoms with Crippen LogP contribution < -0.4 is 10.2 Å². The predicted molar refractivity (Wildman–Crippen MR) is 133 cm³/mol. The third-order valence-corrected chi connectivity index (χ3v) is 9.34. The normalized spacial score (nSPS) is 15.3. The molecule has 1 amide bonds. The molecule has 0 aliphatic carbocycles. The van der Waals surface area contributed by atoms with Gasteiger partial charge in [0.15, 0.2) is 5.13 Å². The van der Waals surface area contributed by atoms with Crippen molar-refractivity contribution in [3.05, 3.63) is 54.1 Å². The van der Waals surface area contributed by atoms with Crippen molar-refractivity contribution in [2.75, 3.05) is 37.6 Å². The highest BCUT2D eigenvalue weighted by Crippen LogP contribution is 2.31. The molecule has 7 nitrogen and oxygen atoms in total. The quantitative estimate of drug-likeness (QED) is 0.521. The average Bonchev–Trinajstić information content (AvgIpc) is 3.28. The molecule has 0 radical (unpaired) electrons. The number of carbonyl (C=O) groups excluding carboxylic acids is 1.